The second kappa shape index (κ2) is 3.30. The Morgan fingerprint density at radius 1 is 1.56 bits per heavy atom. The summed E-state index contributed by atoms with van der Waals surface area (Å²) in [7, 11) is 0. The van der Waals surface area contributed by atoms with E-state index in [1.807, 2.05) is 13.0 Å². The van der Waals surface area contributed by atoms with Crippen LogP contribution in [0.15, 0.2) is 18.3 Å². The zero-order valence-corrected chi connectivity index (χ0v) is 5.98. The normalized spacial score (nSPS) is 8.11. The molecule has 0 aliphatic heterocycles. The maximum Gasteiger partial charge on any atom is 0.0393 e. The summed E-state index contributed by atoms with van der Waals surface area (Å²) in [4.78, 5) is 3.96. The Bertz CT molecular complexity index is 171. The van der Waals surface area contributed by atoms with Gasteiger partial charge in [0.25, 0.3) is 0 Å². The van der Waals surface area contributed by atoms with Gasteiger partial charge in [0.15, 0.2) is 0 Å². The Balaban J connectivity index is 0.000000640. The first-order chi connectivity index (χ1) is 3.79. The van der Waals surface area contributed by atoms with Crippen LogP contribution in [0.5, 0.6) is 0 Å². The molecular formula is C6H9ClN2. The Hall–Kier alpha value is -0.760. The number of hydrogen-bond donors (Lipinski definition) is 1. The Morgan fingerprint density at radius 2 is 2.22 bits per heavy atom. The van der Waals surface area contributed by atoms with Crippen molar-refractivity contribution in [2.75, 3.05) is 5.73 Å². The molecule has 0 aliphatic carbocycles. The first kappa shape index (κ1) is 8.24. The van der Waals surface area contributed by atoms with Gasteiger partial charge < -0.3 is 5.73 Å². The minimum atomic E-state index is 0. The average molecular weight is 145 g/mol. The second-order valence-electron chi connectivity index (χ2n) is 1.73. The van der Waals surface area contributed by atoms with Gasteiger partial charge in [-0.15, -0.1) is 12.4 Å². The Morgan fingerprint density at radius 3 is 2.56 bits per heavy atom. The summed E-state index contributed by atoms with van der Waals surface area (Å²) < 4.78 is 0. The molecule has 0 saturated heterocycles. The van der Waals surface area contributed by atoms with E-state index >= 15 is 0 Å². The third kappa shape index (κ3) is 2.33. The molecule has 1 heterocycles. The van der Waals surface area contributed by atoms with Gasteiger partial charge in [-0.1, -0.05) is 0 Å². The molecule has 0 atom stereocenters. The standard InChI is InChI=1S/C6H8N2.ClH/c1-5-4-6(7)2-3-8-5;/h2-4H,1H3,(H2,7,8);1H. The van der Waals surface area contributed by atoms with E-state index in [-0.39, 0.29) is 12.4 Å². The van der Waals surface area contributed by atoms with Crippen LogP contribution in [0.3, 0.4) is 0 Å². The number of aromatic nitrogens is 1. The van der Waals surface area contributed by atoms with Crippen molar-refractivity contribution < 1.29 is 0 Å². The molecule has 0 aromatic carbocycles. The minimum absolute atomic E-state index is 0. The van der Waals surface area contributed by atoms with E-state index in [1.54, 1.807) is 12.3 Å². The van der Waals surface area contributed by atoms with Crippen molar-refractivity contribution in [1.82, 2.24) is 4.98 Å². The predicted octanol–water partition coefficient (Wildman–Crippen LogP) is 1.39. The highest BCUT2D eigenvalue weighted by Gasteiger charge is 1.82. The summed E-state index contributed by atoms with van der Waals surface area (Å²) >= 11 is 0. The fourth-order valence-electron chi connectivity index (χ4n) is 0.567. The summed E-state index contributed by atoms with van der Waals surface area (Å²) in [6, 6.07) is 3.60. The molecular weight excluding hydrogens is 136 g/mol. The lowest BCUT2D eigenvalue weighted by atomic mass is 10.3. The molecule has 2 N–H and O–H groups in total. The highest BCUT2D eigenvalue weighted by Crippen LogP contribution is 1.99. The van der Waals surface area contributed by atoms with Crippen molar-refractivity contribution in [1.29, 1.82) is 0 Å². The molecule has 1 rings (SSSR count). The number of aryl methyl sites for hydroxylation is 1. The highest BCUT2D eigenvalue weighted by atomic mass is 35.5. The summed E-state index contributed by atoms with van der Waals surface area (Å²) in [5, 5.41) is 0. The molecule has 0 amide bonds. The van der Waals surface area contributed by atoms with Gasteiger partial charge in [-0.2, -0.15) is 0 Å². The first-order valence-corrected chi connectivity index (χ1v) is 2.47. The van der Waals surface area contributed by atoms with Crippen molar-refractivity contribution in [2.45, 2.75) is 6.92 Å². The van der Waals surface area contributed by atoms with Gasteiger partial charge >= 0.3 is 0 Å². The number of rotatable bonds is 0. The summed E-state index contributed by atoms with van der Waals surface area (Å²) in [6.07, 6.45) is 1.70. The van der Waals surface area contributed by atoms with E-state index in [0.29, 0.717) is 0 Å². The molecule has 0 saturated carbocycles. The number of halogens is 1. The van der Waals surface area contributed by atoms with Gasteiger partial charge in [-0.05, 0) is 19.1 Å². The first-order valence-electron chi connectivity index (χ1n) is 2.47. The lowest BCUT2D eigenvalue weighted by Gasteiger charge is -1.90. The smallest absolute Gasteiger partial charge is 0.0393 e. The van der Waals surface area contributed by atoms with Crippen LogP contribution in [-0.4, -0.2) is 4.98 Å². The number of pyridine rings is 1. The summed E-state index contributed by atoms with van der Waals surface area (Å²) in [6.45, 7) is 1.91. The quantitative estimate of drug-likeness (QED) is 0.598. The molecule has 0 fully saturated rings. The van der Waals surface area contributed by atoms with Crippen molar-refractivity contribution in [2.24, 2.45) is 0 Å². The van der Waals surface area contributed by atoms with Crippen LogP contribution in [0.1, 0.15) is 5.69 Å². The van der Waals surface area contributed by atoms with Crippen molar-refractivity contribution in [3.63, 3.8) is 0 Å². The molecule has 0 aliphatic rings. The van der Waals surface area contributed by atoms with E-state index in [4.69, 9.17) is 5.73 Å². The van der Waals surface area contributed by atoms with Gasteiger partial charge in [0.1, 0.15) is 0 Å². The van der Waals surface area contributed by atoms with Gasteiger partial charge in [0, 0.05) is 17.6 Å². The molecule has 0 spiro atoms. The Kier molecular flexibility index (Phi) is 3.02. The van der Waals surface area contributed by atoms with Crippen LogP contribution in [0.2, 0.25) is 0 Å². The van der Waals surface area contributed by atoms with E-state index in [9.17, 15) is 0 Å². The molecule has 2 nitrogen and oxygen atoms in total. The van der Waals surface area contributed by atoms with Crippen LogP contribution in [0.25, 0.3) is 0 Å². The lowest BCUT2D eigenvalue weighted by molar-refractivity contribution is 1.20. The zero-order valence-electron chi connectivity index (χ0n) is 5.16. The minimum Gasteiger partial charge on any atom is -0.399 e. The summed E-state index contributed by atoms with van der Waals surface area (Å²) in [5.74, 6) is 0. The molecule has 1 aromatic heterocycles. The van der Waals surface area contributed by atoms with Gasteiger partial charge in [0.2, 0.25) is 0 Å². The Labute approximate surface area is 60.5 Å². The predicted molar refractivity (Wildman–Crippen MR) is 40.6 cm³/mol. The fourth-order valence-corrected chi connectivity index (χ4v) is 0.567. The van der Waals surface area contributed by atoms with Crippen LogP contribution in [0.4, 0.5) is 5.69 Å². The average Bonchev–Trinajstić information content (AvgIpc) is 1.64. The number of nitrogen functional groups attached to an aromatic ring is 1. The third-order valence-electron chi connectivity index (χ3n) is 0.921. The molecule has 0 radical (unpaired) electrons. The summed E-state index contributed by atoms with van der Waals surface area (Å²) in [5.41, 5.74) is 7.16. The van der Waals surface area contributed by atoms with Crippen LogP contribution in [-0.2, 0) is 0 Å². The SMILES string of the molecule is Cc1cc(N)ccn1.Cl. The van der Waals surface area contributed by atoms with Crippen LogP contribution >= 0.6 is 12.4 Å². The van der Waals surface area contributed by atoms with Gasteiger partial charge in [-0.3, -0.25) is 4.98 Å². The number of hydrogen-bond acceptors (Lipinski definition) is 2. The van der Waals surface area contributed by atoms with Crippen molar-refractivity contribution in [3.8, 4) is 0 Å². The lowest BCUT2D eigenvalue weighted by Crippen LogP contribution is -1.85. The monoisotopic (exact) mass is 144 g/mol. The fraction of sp³-hybridized carbons (Fsp3) is 0.167. The van der Waals surface area contributed by atoms with E-state index in [1.165, 1.54) is 0 Å². The molecule has 50 valence electrons. The van der Waals surface area contributed by atoms with Crippen LogP contribution < -0.4 is 5.73 Å². The van der Waals surface area contributed by atoms with E-state index < -0.39 is 0 Å². The number of anilines is 1. The van der Waals surface area contributed by atoms with Crippen LogP contribution in [0, 0.1) is 6.92 Å². The molecule has 9 heavy (non-hydrogen) atoms. The topological polar surface area (TPSA) is 38.9 Å². The second-order valence-corrected chi connectivity index (χ2v) is 1.73. The maximum atomic E-state index is 5.42. The molecule has 1 aromatic rings. The zero-order chi connectivity index (χ0) is 5.98. The third-order valence-corrected chi connectivity index (χ3v) is 0.921. The number of nitrogens with two attached hydrogens (primary N) is 1. The van der Waals surface area contributed by atoms with E-state index in [0.717, 1.165) is 11.4 Å². The molecule has 0 bridgehead atoms. The maximum absolute atomic E-state index is 5.42. The van der Waals surface area contributed by atoms with Gasteiger partial charge in [-0.25, -0.2) is 0 Å². The highest BCUT2D eigenvalue weighted by molar-refractivity contribution is 5.85. The molecule has 0 unspecified atom stereocenters. The van der Waals surface area contributed by atoms with E-state index in [2.05, 4.69) is 4.98 Å². The number of nitrogens with zero attached hydrogens (tertiary/aromatic N) is 1. The molecule has 3 heteroatoms. The van der Waals surface area contributed by atoms with Crippen molar-refractivity contribution >= 4 is 18.1 Å². The van der Waals surface area contributed by atoms with Crippen molar-refractivity contribution in [3.05, 3.63) is 24.0 Å². The van der Waals surface area contributed by atoms with Gasteiger partial charge in [0.05, 0.1) is 0 Å². The largest absolute Gasteiger partial charge is 0.399 e.